The SMILES string of the molecule is CNC(=O)C[C@@H]1CC[C@H]2[C@@H](COC[C@H](O)CN2C(=O)c2ccc3c(c2)OCO3)O1. The van der Waals surface area contributed by atoms with Crippen LogP contribution in [0, 0.1) is 0 Å². The lowest BCUT2D eigenvalue weighted by Gasteiger charge is -2.44. The molecule has 4 atom stereocenters. The smallest absolute Gasteiger partial charge is 0.254 e. The largest absolute Gasteiger partial charge is 0.454 e. The molecule has 0 saturated carbocycles. The molecule has 3 heterocycles. The van der Waals surface area contributed by atoms with Crippen molar-refractivity contribution in [2.75, 3.05) is 33.6 Å². The lowest BCUT2D eigenvalue weighted by Crippen LogP contribution is -2.57. The first-order valence-corrected chi connectivity index (χ1v) is 9.87. The number of nitrogens with one attached hydrogen (secondary N) is 1. The second-order valence-electron chi connectivity index (χ2n) is 7.54. The van der Waals surface area contributed by atoms with E-state index >= 15 is 0 Å². The Morgan fingerprint density at radius 2 is 2.03 bits per heavy atom. The van der Waals surface area contributed by atoms with E-state index < -0.39 is 6.10 Å². The molecule has 2 amide bonds. The summed E-state index contributed by atoms with van der Waals surface area (Å²) in [5.41, 5.74) is 0.467. The average molecular weight is 406 g/mol. The Hall–Kier alpha value is -2.36. The molecule has 29 heavy (non-hydrogen) atoms. The number of carbonyl (C=O) groups is 2. The van der Waals surface area contributed by atoms with Crippen molar-refractivity contribution in [3.63, 3.8) is 0 Å². The summed E-state index contributed by atoms with van der Waals surface area (Å²) in [6, 6.07) is 4.83. The lowest BCUT2D eigenvalue weighted by molar-refractivity contribution is -0.150. The molecule has 0 radical (unpaired) electrons. The number of ether oxygens (including phenoxy) is 4. The van der Waals surface area contributed by atoms with Gasteiger partial charge in [-0.1, -0.05) is 0 Å². The van der Waals surface area contributed by atoms with Crippen molar-refractivity contribution < 1.29 is 33.6 Å². The van der Waals surface area contributed by atoms with E-state index in [-0.39, 0.29) is 63.0 Å². The number of rotatable bonds is 3. The minimum atomic E-state index is -0.780. The lowest BCUT2D eigenvalue weighted by atomic mass is 9.94. The maximum Gasteiger partial charge on any atom is 0.254 e. The normalized spacial score (nSPS) is 28.8. The fourth-order valence-corrected chi connectivity index (χ4v) is 4.08. The molecule has 3 aliphatic heterocycles. The number of β-amino-alcohol motifs (C(OH)–C–C–N with tert-alkyl or cyclic N) is 1. The van der Waals surface area contributed by atoms with Crippen LogP contribution in [0.25, 0.3) is 0 Å². The molecule has 2 fully saturated rings. The van der Waals surface area contributed by atoms with Crippen LogP contribution in [-0.4, -0.2) is 79.8 Å². The highest BCUT2D eigenvalue weighted by Crippen LogP contribution is 2.34. The van der Waals surface area contributed by atoms with Gasteiger partial charge in [0.1, 0.15) is 6.10 Å². The number of carbonyl (C=O) groups excluding carboxylic acids is 2. The summed E-state index contributed by atoms with van der Waals surface area (Å²) in [7, 11) is 1.60. The maximum absolute atomic E-state index is 13.3. The van der Waals surface area contributed by atoms with Crippen LogP contribution in [0.3, 0.4) is 0 Å². The molecule has 0 bridgehead atoms. The molecule has 2 saturated heterocycles. The second kappa shape index (κ2) is 8.56. The van der Waals surface area contributed by atoms with E-state index in [9.17, 15) is 14.7 Å². The molecule has 9 nitrogen and oxygen atoms in total. The summed E-state index contributed by atoms with van der Waals surface area (Å²) in [5, 5.41) is 12.9. The van der Waals surface area contributed by atoms with E-state index in [1.54, 1.807) is 30.1 Å². The molecule has 4 rings (SSSR count). The van der Waals surface area contributed by atoms with Gasteiger partial charge in [0, 0.05) is 19.2 Å². The monoisotopic (exact) mass is 406 g/mol. The zero-order valence-corrected chi connectivity index (χ0v) is 16.3. The Bertz CT molecular complexity index is 771. The Morgan fingerprint density at radius 3 is 2.86 bits per heavy atom. The molecule has 0 unspecified atom stereocenters. The Morgan fingerprint density at radius 1 is 1.21 bits per heavy atom. The Kier molecular flexibility index (Phi) is 5.89. The highest BCUT2D eigenvalue weighted by atomic mass is 16.7. The van der Waals surface area contributed by atoms with Gasteiger partial charge >= 0.3 is 0 Å². The molecule has 0 spiro atoms. The van der Waals surface area contributed by atoms with Crippen LogP contribution in [0.2, 0.25) is 0 Å². The van der Waals surface area contributed by atoms with Gasteiger partial charge in [-0.05, 0) is 31.0 Å². The number of hydrogen-bond acceptors (Lipinski definition) is 7. The van der Waals surface area contributed by atoms with Gasteiger partial charge in [0.25, 0.3) is 5.91 Å². The number of hydrogen-bond donors (Lipinski definition) is 2. The van der Waals surface area contributed by atoms with Crippen molar-refractivity contribution in [2.24, 2.45) is 0 Å². The van der Waals surface area contributed by atoms with Gasteiger partial charge in [-0.2, -0.15) is 0 Å². The molecule has 158 valence electrons. The van der Waals surface area contributed by atoms with Gasteiger partial charge in [0.05, 0.1) is 37.9 Å². The molecule has 0 aromatic heterocycles. The van der Waals surface area contributed by atoms with Crippen molar-refractivity contribution >= 4 is 11.8 Å². The molecule has 1 aromatic carbocycles. The van der Waals surface area contributed by atoms with Crippen LogP contribution in [0.5, 0.6) is 11.5 Å². The van der Waals surface area contributed by atoms with Gasteiger partial charge in [-0.3, -0.25) is 9.59 Å². The fraction of sp³-hybridized carbons (Fsp3) is 0.600. The van der Waals surface area contributed by atoms with E-state index in [1.807, 2.05) is 0 Å². The first-order chi connectivity index (χ1) is 14.0. The quantitative estimate of drug-likeness (QED) is 0.744. The zero-order chi connectivity index (χ0) is 20.4. The van der Waals surface area contributed by atoms with E-state index in [1.165, 1.54) is 0 Å². The average Bonchev–Trinajstić information content (AvgIpc) is 3.18. The van der Waals surface area contributed by atoms with E-state index in [4.69, 9.17) is 18.9 Å². The van der Waals surface area contributed by atoms with Crippen LogP contribution in [-0.2, 0) is 14.3 Å². The number of nitrogens with zero attached hydrogens (tertiary/aromatic N) is 1. The third-order valence-corrected chi connectivity index (χ3v) is 5.55. The molecule has 9 heteroatoms. The van der Waals surface area contributed by atoms with Gasteiger partial charge in [-0.15, -0.1) is 0 Å². The van der Waals surface area contributed by atoms with E-state index in [0.29, 0.717) is 29.9 Å². The third kappa shape index (κ3) is 4.31. The standard InChI is InChI=1S/C20H26N2O7/c1-21-19(24)7-14-3-4-15-18(29-14)10-26-9-13(23)8-22(15)20(25)12-2-5-16-17(6-12)28-11-27-16/h2,5-6,13-15,18,23H,3-4,7-11H2,1H3,(H,21,24)/t13-,14+,15+,18-/m1/s1. The highest BCUT2D eigenvalue weighted by molar-refractivity contribution is 5.95. The minimum absolute atomic E-state index is 0.0797. The maximum atomic E-state index is 13.3. The van der Waals surface area contributed by atoms with Crippen LogP contribution >= 0.6 is 0 Å². The zero-order valence-electron chi connectivity index (χ0n) is 16.3. The minimum Gasteiger partial charge on any atom is -0.454 e. The van der Waals surface area contributed by atoms with Crippen molar-refractivity contribution in [1.29, 1.82) is 0 Å². The first kappa shape index (κ1) is 19.9. The second-order valence-corrected chi connectivity index (χ2v) is 7.54. The Balaban J connectivity index is 1.54. The van der Waals surface area contributed by atoms with Crippen LogP contribution in [0.1, 0.15) is 29.6 Å². The van der Waals surface area contributed by atoms with Crippen molar-refractivity contribution in [3.05, 3.63) is 23.8 Å². The highest BCUT2D eigenvalue weighted by Gasteiger charge is 2.40. The van der Waals surface area contributed by atoms with E-state index in [2.05, 4.69) is 5.32 Å². The third-order valence-electron chi connectivity index (χ3n) is 5.55. The number of fused-ring (bicyclic) bond motifs is 2. The summed E-state index contributed by atoms with van der Waals surface area (Å²) in [6.07, 6.45) is 0.236. The van der Waals surface area contributed by atoms with Gasteiger partial charge in [0.15, 0.2) is 11.5 Å². The van der Waals surface area contributed by atoms with Crippen LogP contribution in [0.15, 0.2) is 18.2 Å². The van der Waals surface area contributed by atoms with Crippen molar-refractivity contribution in [2.45, 2.75) is 43.6 Å². The number of aliphatic hydroxyl groups excluding tert-OH is 1. The topological polar surface area (TPSA) is 107 Å². The molecule has 3 aliphatic rings. The fourth-order valence-electron chi connectivity index (χ4n) is 4.08. The molecular formula is C20H26N2O7. The summed E-state index contributed by atoms with van der Waals surface area (Å²) in [4.78, 5) is 26.7. The van der Waals surface area contributed by atoms with Gasteiger partial charge < -0.3 is 34.3 Å². The Labute approximate surface area is 168 Å². The molecule has 0 aliphatic carbocycles. The van der Waals surface area contributed by atoms with Crippen molar-refractivity contribution in [3.8, 4) is 11.5 Å². The summed E-state index contributed by atoms with van der Waals surface area (Å²) >= 11 is 0. The van der Waals surface area contributed by atoms with Gasteiger partial charge in [0.2, 0.25) is 12.7 Å². The van der Waals surface area contributed by atoms with Crippen molar-refractivity contribution in [1.82, 2.24) is 10.2 Å². The van der Waals surface area contributed by atoms with Crippen LogP contribution in [0.4, 0.5) is 0 Å². The summed E-state index contributed by atoms with van der Waals surface area (Å²) in [5.74, 6) is 0.865. The number of benzene rings is 1. The summed E-state index contributed by atoms with van der Waals surface area (Å²) in [6.45, 7) is 0.671. The molecule has 1 aromatic rings. The molecule has 2 N–H and O–H groups in total. The predicted octanol–water partition coefficient (Wildman–Crippen LogP) is 0.301. The van der Waals surface area contributed by atoms with Gasteiger partial charge in [-0.25, -0.2) is 0 Å². The predicted molar refractivity (Wildman–Crippen MR) is 101 cm³/mol. The summed E-state index contributed by atoms with van der Waals surface area (Å²) < 4.78 is 22.4. The van der Waals surface area contributed by atoms with E-state index in [0.717, 1.165) is 0 Å². The number of aliphatic hydroxyl groups is 1. The number of amides is 2. The molecular weight excluding hydrogens is 380 g/mol. The first-order valence-electron chi connectivity index (χ1n) is 9.87. The van der Waals surface area contributed by atoms with Crippen LogP contribution < -0.4 is 14.8 Å².